The predicted molar refractivity (Wildman–Crippen MR) is 126 cm³/mol. The van der Waals surface area contributed by atoms with Crippen molar-refractivity contribution in [3.05, 3.63) is 95.2 Å². The number of rotatable bonds is 5. The van der Waals surface area contributed by atoms with E-state index in [0.29, 0.717) is 0 Å². The molecular formula is C27H24N2O4. The van der Waals surface area contributed by atoms with E-state index in [0.717, 1.165) is 44.4 Å². The highest BCUT2D eigenvalue weighted by molar-refractivity contribution is 5.88. The fourth-order valence-electron chi connectivity index (χ4n) is 4.68. The molecule has 4 aromatic rings. The minimum atomic E-state index is -1.03. The van der Waals surface area contributed by atoms with Gasteiger partial charge < -0.3 is 20.2 Å². The number of esters is 1. The van der Waals surface area contributed by atoms with E-state index >= 15 is 0 Å². The van der Waals surface area contributed by atoms with E-state index < -0.39 is 18.2 Å². The van der Waals surface area contributed by atoms with Crippen LogP contribution in [0, 0.1) is 6.92 Å². The number of aromatic amines is 1. The minimum absolute atomic E-state index is 0.0803. The van der Waals surface area contributed by atoms with Crippen molar-refractivity contribution in [2.45, 2.75) is 25.3 Å². The van der Waals surface area contributed by atoms with Gasteiger partial charge in [-0.15, -0.1) is 0 Å². The van der Waals surface area contributed by atoms with Crippen molar-refractivity contribution < 1.29 is 19.1 Å². The topological polar surface area (TPSA) is 94.4 Å². The van der Waals surface area contributed by atoms with Crippen LogP contribution >= 0.6 is 0 Å². The molecule has 1 heterocycles. The van der Waals surface area contributed by atoms with Gasteiger partial charge in [0.2, 0.25) is 0 Å². The average molecular weight is 440 g/mol. The van der Waals surface area contributed by atoms with E-state index in [9.17, 15) is 9.59 Å². The fraction of sp³-hybridized carbons (Fsp3) is 0.185. The first-order valence-corrected chi connectivity index (χ1v) is 10.9. The van der Waals surface area contributed by atoms with E-state index in [2.05, 4.69) is 17.1 Å². The Kier molecular flexibility index (Phi) is 5.44. The maximum absolute atomic E-state index is 12.5. The van der Waals surface area contributed by atoms with Crippen molar-refractivity contribution in [1.82, 2.24) is 4.98 Å². The zero-order chi connectivity index (χ0) is 22.9. The Labute approximate surface area is 191 Å². The van der Waals surface area contributed by atoms with Crippen LogP contribution in [0.25, 0.3) is 22.0 Å². The van der Waals surface area contributed by atoms with Gasteiger partial charge in [-0.2, -0.15) is 0 Å². The monoisotopic (exact) mass is 440 g/mol. The number of ether oxygens (including phenoxy) is 2. The summed E-state index contributed by atoms with van der Waals surface area (Å²) < 4.78 is 10.3. The first-order valence-electron chi connectivity index (χ1n) is 10.9. The van der Waals surface area contributed by atoms with E-state index in [1.165, 1.54) is 0 Å². The van der Waals surface area contributed by atoms with E-state index in [-0.39, 0.29) is 18.9 Å². The zero-order valence-electron chi connectivity index (χ0n) is 18.2. The summed E-state index contributed by atoms with van der Waals surface area (Å²) in [4.78, 5) is 28.0. The lowest BCUT2D eigenvalue weighted by Gasteiger charge is -2.15. The van der Waals surface area contributed by atoms with Gasteiger partial charge in [0.25, 0.3) is 0 Å². The molecule has 6 heteroatoms. The van der Waals surface area contributed by atoms with Gasteiger partial charge >= 0.3 is 12.1 Å². The van der Waals surface area contributed by atoms with Gasteiger partial charge in [0.05, 0.1) is 0 Å². The van der Waals surface area contributed by atoms with E-state index in [1.807, 2.05) is 67.6 Å². The summed E-state index contributed by atoms with van der Waals surface area (Å²) in [6, 6.07) is 22.9. The van der Waals surface area contributed by atoms with Crippen molar-refractivity contribution in [3.8, 4) is 11.1 Å². The number of nitrogens with two attached hydrogens (primary N) is 1. The van der Waals surface area contributed by atoms with Gasteiger partial charge in [-0.1, -0.05) is 66.7 Å². The number of H-pyrrole nitrogens is 1. The molecule has 0 aliphatic heterocycles. The smallest absolute Gasteiger partial charge is 0.433 e. The van der Waals surface area contributed by atoms with Gasteiger partial charge in [0.15, 0.2) is 0 Å². The summed E-state index contributed by atoms with van der Waals surface area (Å²) in [6.45, 7) is 2.01. The summed E-state index contributed by atoms with van der Waals surface area (Å²) in [6.07, 6.45) is -0.779. The fourth-order valence-corrected chi connectivity index (χ4v) is 4.68. The minimum Gasteiger partial charge on any atom is -0.433 e. The Bertz CT molecular complexity index is 1310. The standard InChI is InChI=1S/C27H24N2O4/c1-16-22(21-12-6-7-13-25(21)29-16)14-24(28)26(30)33-27(31)32-15-23-19-10-4-2-8-17(19)18-9-3-5-11-20(18)23/h2-13,23-24,29H,14-15,28H2,1H3/t24-/m1/s1. The maximum atomic E-state index is 12.5. The molecule has 0 saturated carbocycles. The number of carbonyl (C=O) groups excluding carboxylic acids is 2. The zero-order valence-corrected chi connectivity index (χ0v) is 18.2. The van der Waals surface area contributed by atoms with Crippen LogP contribution < -0.4 is 5.73 Å². The van der Waals surface area contributed by atoms with Crippen LogP contribution in [0.1, 0.15) is 28.3 Å². The third-order valence-electron chi connectivity index (χ3n) is 6.27. The summed E-state index contributed by atoms with van der Waals surface area (Å²) >= 11 is 0. The summed E-state index contributed by atoms with van der Waals surface area (Å²) in [5, 5.41) is 0.999. The molecule has 1 aromatic heterocycles. The molecule has 0 unspecified atom stereocenters. The molecule has 0 radical (unpaired) electrons. The number of hydrogen-bond acceptors (Lipinski definition) is 5. The van der Waals surface area contributed by atoms with Gasteiger partial charge in [0, 0.05) is 28.9 Å². The van der Waals surface area contributed by atoms with Crippen molar-refractivity contribution in [1.29, 1.82) is 0 Å². The van der Waals surface area contributed by atoms with Crippen molar-refractivity contribution in [2.75, 3.05) is 6.61 Å². The SMILES string of the molecule is Cc1[nH]c2ccccc2c1C[C@@H](N)C(=O)OC(=O)OCC1c2ccccc2-c2ccccc21. The lowest BCUT2D eigenvalue weighted by molar-refractivity contribution is -0.141. The second kappa shape index (κ2) is 8.56. The van der Waals surface area contributed by atoms with Crippen LogP contribution in [0.2, 0.25) is 0 Å². The number of hydrogen-bond donors (Lipinski definition) is 2. The highest BCUT2D eigenvalue weighted by Crippen LogP contribution is 2.44. The molecule has 3 aromatic carbocycles. The first kappa shape index (κ1) is 21.0. The molecule has 1 atom stereocenters. The maximum Gasteiger partial charge on any atom is 0.516 e. The lowest BCUT2D eigenvalue weighted by atomic mass is 9.98. The van der Waals surface area contributed by atoms with Crippen molar-refractivity contribution in [2.24, 2.45) is 5.73 Å². The first-order chi connectivity index (χ1) is 16.0. The Morgan fingerprint density at radius 2 is 1.55 bits per heavy atom. The van der Waals surface area contributed by atoms with Crippen molar-refractivity contribution >= 4 is 23.0 Å². The van der Waals surface area contributed by atoms with Crippen LogP contribution in [0.5, 0.6) is 0 Å². The van der Waals surface area contributed by atoms with E-state index in [4.69, 9.17) is 15.2 Å². The van der Waals surface area contributed by atoms with Crippen LogP contribution in [-0.4, -0.2) is 29.8 Å². The molecule has 0 spiro atoms. The molecule has 0 bridgehead atoms. The molecule has 1 aliphatic carbocycles. The Morgan fingerprint density at radius 3 is 2.24 bits per heavy atom. The molecule has 1 aliphatic rings. The molecule has 33 heavy (non-hydrogen) atoms. The summed E-state index contributed by atoms with van der Waals surface area (Å²) in [7, 11) is 0. The lowest BCUT2D eigenvalue weighted by Crippen LogP contribution is -2.36. The number of benzene rings is 3. The molecule has 0 saturated heterocycles. The van der Waals surface area contributed by atoms with Crippen LogP contribution in [-0.2, 0) is 20.7 Å². The molecular weight excluding hydrogens is 416 g/mol. The average Bonchev–Trinajstić information content (AvgIpc) is 3.32. The van der Waals surface area contributed by atoms with Gasteiger partial charge in [-0.05, 0) is 40.8 Å². The Balaban J connectivity index is 1.23. The highest BCUT2D eigenvalue weighted by atomic mass is 16.7. The van der Waals surface area contributed by atoms with Gasteiger partial charge in [-0.25, -0.2) is 9.59 Å². The van der Waals surface area contributed by atoms with Crippen LogP contribution in [0.4, 0.5) is 4.79 Å². The molecule has 166 valence electrons. The molecule has 5 rings (SSSR count). The molecule has 0 fully saturated rings. The van der Waals surface area contributed by atoms with Crippen LogP contribution in [0.15, 0.2) is 72.8 Å². The summed E-state index contributed by atoms with van der Waals surface area (Å²) in [5.41, 5.74) is 13.3. The number of nitrogens with one attached hydrogen (secondary N) is 1. The molecule has 6 nitrogen and oxygen atoms in total. The Morgan fingerprint density at radius 1 is 0.939 bits per heavy atom. The van der Waals surface area contributed by atoms with Crippen LogP contribution in [0.3, 0.4) is 0 Å². The molecule has 3 N–H and O–H groups in total. The van der Waals surface area contributed by atoms with E-state index in [1.54, 1.807) is 0 Å². The second-order valence-electron chi connectivity index (χ2n) is 8.29. The third kappa shape index (κ3) is 3.90. The number of para-hydroxylation sites is 1. The number of aromatic nitrogens is 1. The molecule has 0 amide bonds. The quantitative estimate of drug-likeness (QED) is 0.342. The van der Waals surface area contributed by atoms with Gasteiger partial charge in [-0.3, -0.25) is 0 Å². The van der Waals surface area contributed by atoms with Crippen molar-refractivity contribution in [3.63, 3.8) is 0 Å². The largest absolute Gasteiger partial charge is 0.516 e. The highest BCUT2D eigenvalue weighted by Gasteiger charge is 2.30. The predicted octanol–water partition coefficient (Wildman–Crippen LogP) is 4.84. The third-order valence-corrected chi connectivity index (χ3v) is 6.27. The normalized spacial score (nSPS) is 13.4. The number of carbonyl (C=O) groups is 2. The number of aryl methyl sites for hydroxylation is 1. The number of fused-ring (bicyclic) bond motifs is 4. The van der Waals surface area contributed by atoms with Gasteiger partial charge in [0.1, 0.15) is 12.6 Å². The summed E-state index contributed by atoms with van der Waals surface area (Å²) in [5.74, 6) is -0.917. The Hall–Kier alpha value is -3.90. The second-order valence-corrected chi connectivity index (χ2v) is 8.29.